The third-order valence-corrected chi connectivity index (χ3v) is 3.79. The smallest absolute Gasteiger partial charge is 0.277 e. The molecular formula is C19H22N2O4. The van der Waals surface area contributed by atoms with Gasteiger partial charge in [0, 0.05) is 11.6 Å². The Morgan fingerprint density at radius 3 is 2.48 bits per heavy atom. The number of methoxy groups -OCH3 is 1. The molecule has 0 saturated heterocycles. The fourth-order valence-electron chi connectivity index (χ4n) is 2.14. The van der Waals surface area contributed by atoms with Gasteiger partial charge in [-0.3, -0.25) is 4.79 Å². The fourth-order valence-corrected chi connectivity index (χ4v) is 2.14. The molecule has 2 rings (SSSR count). The van der Waals surface area contributed by atoms with Crippen LogP contribution in [-0.4, -0.2) is 30.4 Å². The predicted octanol–water partition coefficient (Wildman–Crippen LogP) is 2.94. The van der Waals surface area contributed by atoms with Crippen molar-refractivity contribution >= 4 is 11.6 Å². The molecule has 6 heteroatoms. The van der Waals surface area contributed by atoms with Crippen molar-refractivity contribution in [2.24, 2.45) is 5.10 Å². The van der Waals surface area contributed by atoms with Gasteiger partial charge in [0.05, 0.1) is 12.8 Å². The molecule has 6 nitrogen and oxygen atoms in total. The molecule has 0 radical (unpaired) electrons. The van der Waals surface area contributed by atoms with Crippen molar-refractivity contribution in [3.63, 3.8) is 0 Å². The highest BCUT2D eigenvalue weighted by molar-refractivity contribution is 6.01. The van der Waals surface area contributed by atoms with E-state index in [9.17, 15) is 9.90 Å². The van der Waals surface area contributed by atoms with Crippen molar-refractivity contribution in [1.29, 1.82) is 0 Å². The summed E-state index contributed by atoms with van der Waals surface area (Å²) in [6, 6.07) is 10.5. The summed E-state index contributed by atoms with van der Waals surface area (Å²) >= 11 is 0. The number of rotatable bonds is 6. The largest absolute Gasteiger partial charge is 0.507 e. The van der Waals surface area contributed by atoms with Gasteiger partial charge in [-0.2, -0.15) is 5.10 Å². The number of ether oxygens (including phenoxy) is 2. The van der Waals surface area contributed by atoms with Gasteiger partial charge < -0.3 is 14.6 Å². The van der Waals surface area contributed by atoms with E-state index in [1.807, 2.05) is 32.0 Å². The Kier molecular flexibility index (Phi) is 6.00. The quantitative estimate of drug-likeness (QED) is 0.625. The van der Waals surface area contributed by atoms with E-state index in [-0.39, 0.29) is 18.3 Å². The van der Waals surface area contributed by atoms with Crippen LogP contribution in [0, 0.1) is 13.8 Å². The summed E-state index contributed by atoms with van der Waals surface area (Å²) in [5.41, 5.74) is 5.66. The molecule has 0 aromatic heterocycles. The highest BCUT2D eigenvalue weighted by Gasteiger charge is 2.08. The molecule has 0 saturated carbocycles. The number of hydrogen-bond acceptors (Lipinski definition) is 5. The Labute approximate surface area is 147 Å². The highest BCUT2D eigenvalue weighted by Crippen LogP contribution is 2.23. The third-order valence-electron chi connectivity index (χ3n) is 3.79. The zero-order chi connectivity index (χ0) is 18.4. The zero-order valence-corrected chi connectivity index (χ0v) is 14.8. The van der Waals surface area contributed by atoms with Gasteiger partial charge in [-0.15, -0.1) is 0 Å². The molecule has 1 amide bonds. The van der Waals surface area contributed by atoms with E-state index >= 15 is 0 Å². The molecule has 0 bridgehead atoms. The first-order valence-electron chi connectivity index (χ1n) is 7.81. The second-order valence-corrected chi connectivity index (χ2v) is 5.65. The Bertz CT molecular complexity index is 800. The summed E-state index contributed by atoms with van der Waals surface area (Å²) in [5.74, 6) is 0.818. The van der Waals surface area contributed by atoms with Crippen LogP contribution in [0.5, 0.6) is 17.2 Å². The molecule has 2 aromatic carbocycles. The second kappa shape index (κ2) is 8.19. The van der Waals surface area contributed by atoms with Crippen molar-refractivity contribution in [2.45, 2.75) is 20.8 Å². The van der Waals surface area contributed by atoms with Crippen molar-refractivity contribution in [1.82, 2.24) is 5.43 Å². The minimum Gasteiger partial charge on any atom is -0.507 e. The van der Waals surface area contributed by atoms with Gasteiger partial charge >= 0.3 is 0 Å². The van der Waals surface area contributed by atoms with E-state index in [0.717, 1.165) is 11.1 Å². The molecule has 0 fully saturated rings. The average Bonchev–Trinajstić information content (AvgIpc) is 2.60. The Morgan fingerprint density at radius 1 is 1.12 bits per heavy atom. The lowest BCUT2D eigenvalue weighted by atomic mass is 10.1. The number of nitrogens with one attached hydrogen (secondary N) is 1. The molecule has 2 aromatic rings. The number of hydrogen-bond donors (Lipinski definition) is 2. The number of carbonyl (C=O) groups is 1. The number of amides is 1. The highest BCUT2D eigenvalue weighted by atomic mass is 16.5. The molecule has 0 aliphatic rings. The average molecular weight is 342 g/mol. The van der Waals surface area contributed by atoms with Gasteiger partial charge in [0.2, 0.25) is 0 Å². The lowest BCUT2D eigenvalue weighted by Gasteiger charge is -2.09. The molecule has 0 aliphatic heterocycles. The monoisotopic (exact) mass is 342 g/mol. The van der Waals surface area contributed by atoms with E-state index in [1.54, 1.807) is 19.1 Å². The maximum absolute atomic E-state index is 11.9. The molecule has 0 spiro atoms. The Morgan fingerprint density at radius 2 is 1.84 bits per heavy atom. The molecule has 132 valence electrons. The summed E-state index contributed by atoms with van der Waals surface area (Å²) in [4.78, 5) is 11.9. The van der Waals surface area contributed by atoms with Gasteiger partial charge in [-0.05, 0) is 56.2 Å². The SMILES string of the molecule is COc1ccc(/C(C)=N/NC(=O)COc2ccc(C)c(C)c2)c(O)c1. The van der Waals surface area contributed by atoms with Crippen LogP contribution in [0.3, 0.4) is 0 Å². The molecule has 0 aliphatic carbocycles. The standard InChI is InChI=1S/C19H22N2O4/c1-12-5-6-16(9-13(12)2)25-11-19(23)21-20-14(3)17-8-7-15(24-4)10-18(17)22/h5-10,22H,11H2,1-4H3,(H,21,23)/b20-14+. The molecule has 0 heterocycles. The zero-order valence-electron chi connectivity index (χ0n) is 14.8. The minimum atomic E-state index is -0.384. The molecular weight excluding hydrogens is 320 g/mol. The fraction of sp³-hybridized carbons (Fsp3) is 0.263. The van der Waals surface area contributed by atoms with Crippen LogP contribution in [0.15, 0.2) is 41.5 Å². The lowest BCUT2D eigenvalue weighted by molar-refractivity contribution is -0.123. The topological polar surface area (TPSA) is 80.2 Å². The van der Waals surface area contributed by atoms with Crippen LogP contribution >= 0.6 is 0 Å². The number of phenols is 1. The van der Waals surface area contributed by atoms with Crippen LogP contribution in [0.4, 0.5) is 0 Å². The maximum atomic E-state index is 11.9. The molecule has 25 heavy (non-hydrogen) atoms. The lowest BCUT2D eigenvalue weighted by Crippen LogP contribution is -2.25. The minimum absolute atomic E-state index is 0.0289. The Balaban J connectivity index is 1.93. The number of benzene rings is 2. The molecule has 0 unspecified atom stereocenters. The first-order chi connectivity index (χ1) is 11.9. The maximum Gasteiger partial charge on any atom is 0.277 e. The number of hydrazone groups is 1. The van der Waals surface area contributed by atoms with Crippen molar-refractivity contribution in [3.05, 3.63) is 53.1 Å². The molecule has 0 atom stereocenters. The van der Waals surface area contributed by atoms with Crippen molar-refractivity contribution in [3.8, 4) is 17.2 Å². The van der Waals surface area contributed by atoms with Crippen LogP contribution in [0.2, 0.25) is 0 Å². The summed E-state index contributed by atoms with van der Waals surface area (Å²) < 4.78 is 10.5. The van der Waals surface area contributed by atoms with Crippen LogP contribution < -0.4 is 14.9 Å². The molecule has 2 N–H and O–H groups in total. The van der Waals surface area contributed by atoms with E-state index < -0.39 is 0 Å². The van der Waals surface area contributed by atoms with Crippen LogP contribution in [-0.2, 0) is 4.79 Å². The summed E-state index contributed by atoms with van der Waals surface area (Å²) in [6.45, 7) is 5.54. The van der Waals surface area contributed by atoms with Gasteiger partial charge in [-0.25, -0.2) is 5.43 Å². The second-order valence-electron chi connectivity index (χ2n) is 5.65. The summed E-state index contributed by atoms with van der Waals surface area (Å²) in [6.07, 6.45) is 0. The van der Waals surface area contributed by atoms with E-state index in [4.69, 9.17) is 9.47 Å². The third kappa shape index (κ3) is 4.97. The van der Waals surface area contributed by atoms with E-state index in [1.165, 1.54) is 13.2 Å². The number of aromatic hydroxyl groups is 1. The first kappa shape index (κ1) is 18.3. The normalized spacial score (nSPS) is 11.1. The van der Waals surface area contributed by atoms with E-state index in [0.29, 0.717) is 22.8 Å². The van der Waals surface area contributed by atoms with Gasteiger partial charge in [0.1, 0.15) is 17.2 Å². The Hall–Kier alpha value is -3.02. The van der Waals surface area contributed by atoms with Gasteiger partial charge in [0.15, 0.2) is 6.61 Å². The van der Waals surface area contributed by atoms with Crippen LogP contribution in [0.25, 0.3) is 0 Å². The predicted molar refractivity (Wildman–Crippen MR) is 96.4 cm³/mol. The van der Waals surface area contributed by atoms with Crippen molar-refractivity contribution < 1.29 is 19.4 Å². The summed E-state index contributed by atoms with van der Waals surface area (Å²) in [7, 11) is 1.52. The number of aryl methyl sites for hydroxylation is 2. The first-order valence-corrected chi connectivity index (χ1v) is 7.81. The van der Waals surface area contributed by atoms with E-state index in [2.05, 4.69) is 10.5 Å². The number of phenolic OH excluding ortho intramolecular Hbond substituents is 1. The summed E-state index contributed by atoms with van der Waals surface area (Å²) in [5, 5.41) is 14.0. The van der Waals surface area contributed by atoms with Crippen molar-refractivity contribution in [2.75, 3.05) is 13.7 Å². The van der Waals surface area contributed by atoms with Gasteiger partial charge in [-0.1, -0.05) is 6.07 Å². The van der Waals surface area contributed by atoms with Gasteiger partial charge in [0.25, 0.3) is 5.91 Å². The number of carbonyl (C=O) groups excluding carboxylic acids is 1. The number of nitrogens with zero attached hydrogens (tertiary/aromatic N) is 1. The van der Waals surface area contributed by atoms with Crippen LogP contribution in [0.1, 0.15) is 23.6 Å².